The lowest BCUT2D eigenvalue weighted by atomic mass is 10.1. The Labute approximate surface area is 180 Å². The summed E-state index contributed by atoms with van der Waals surface area (Å²) < 4.78 is 10.8. The number of aliphatic imine (C=N–C) groups is 1. The van der Waals surface area contributed by atoms with Crippen LogP contribution in [-0.2, 0) is 4.79 Å². The Hall–Kier alpha value is -3.24. The molecule has 10 heteroatoms. The number of amidine groups is 2. The SMILES string of the molecule is CCC1=NN2C(=N)C(=Cc3ccc(OC(=O)c4cccs4)c(OC)c3)C(=O)N=C2S1. The number of carbonyl (C=O) groups is 2. The van der Waals surface area contributed by atoms with E-state index in [-0.39, 0.29) is 17.2 Å². The van der Waals surface area contributed by atoms with E-state index in [4.69, 9.17) is 14.9 Å². The van der Waals surface area contributed by atoms with Crippen LogP contribution < -0.4 is 9.47 Å². The molecule has 8 nitrogen and oxygen atoms in total. The first-order valence-corrected chi connectivity index (χ1v) is 10.6. The third-order valence-electron chi connectivity index (χ3n) is 4.22. The second kappa shape index (κ2) is 8.25. The summed E-state index contributed by atoms with van der Waals surface area (Å²) in [5.74, 6) is -0.420. The highest BCUT2D eigenvalue weighted by molar-refractivity contribution is 8.26. The molecule has 1 aromatic carbocycles. The Kier molecular flexibility index (Phi) is 5.51. The Morgan fingerprint density at radius 1 is 1.30 bits per heavy atom. The highest BCUT2D eigenvalue weighted by Crippen LogP contribution is 2.32. The van der Waals surface area contributed by atoms with Crippen LogP contribution in [0.5, 0.6) is 11.5 Å². The Morgan fingerprint density at radius 3 is 2.83 bits per heavy atom. The lowest BCUT2D eigenvalue weighted by Gasteiger charge is -2.20. The molecule has 2 aliphatic rings. The van der Waals surface area contributed by atoms with Crippen molar-refractivity contribution in [3.8, 4) is 11.5 Å². The van der Waals surface area contributed by atoms with Gasteiger partial charge in [0, 0.05) is 0 Å². The second-order valence-corrected chi connectivity index (χ2v) is 8.13. The van der Waals surface area contributed by atoms with Gasteiger partial charge in [0.05, 0.1) is 12.7 Å². The van der Waals surface area contributed by atoms with Gasteiger partial charge in [0.2, 0.25) is 5.17 Å². The fourth-order valence-electron chi connectivity index (χ4n) is 2.74. The van der Waals surface area contributed by atoms with E-state index in [1.807, 2.05) is 6.92 Å². The third-order valence-corrected chi connectivity index (χ3v) is 6.13. The number of rotatable bonds is 5. The topological polar surface area (TPSA) is 104 Å². The molecule has 0 saturated carbocycles. The lowest BCUT2D eigenvalue weighted by molar-refractivity contribution is -0.114. The number of thioether (sulfide) groups is 1. The summed E-state index contributed by atoms with van der Waals surface area (Å²) in [6.45, 7) is 1.95. The number of methoxy groups -OCH3 is 1. The van der Waals surface area contributed by atoms with Gasteiger partial charge in [-0.3, -0.25) is 10.2 Å². The zero-order valence-electron chi connectivity index (χ0n) is 16.0. The molecule has 1 aromatic heterocycles. The van der Waals surface area contributed by atoms with E-state index >= 15 is 0 Å². The van der Waals surface area contributed by atoms with E-state index in [2.05, 4.69) is 10.1 Å². The predicted molar refractivity (Wildman–Crippen MR) is 118 cm³/mol. The highest BCUT2D eigenvalue weighted by atomic mass is 32.2. The smallest absolute Gasteiger partial charge is 0.353 e. The van der Waals surface area contributed by atoms with Gasteiger partial charge < -0.3 is 9.47 Å². The number of benzene rings is 1. The molecule has 0 radical (unpaired) electrons. The van der Waals surface area contributed by atoms with E-state index in [1.54, 1.807) is 41.8 Å². The molecule has 3 heterocycles. The van der Waals surface area contributed by atoms with Crippen molar-refractivity contribution < 1.29 is 19.1 Å². The van der Waals surface area contributed by atoms with Crippen molar-refractivity contribution in [3.63, 3.8) is 0 Å². The zero-order valence-corrected chi connectivity index (χ0v) is 17.7. The Bertz CT molecular complexity index is 1140. The molecular weight excluding hydrogens is 424 g/mol. The first kappa shape index (κ1) is 20.0. The van der Waals surface area contributed by atoms with Crippen LogP contribution in [0, 0.1) is 5.41 Å². The zero-order chi connectivity index (χ0) is 21.3. The molecule has 1 amide bonds. The number of thiophene rings is 1. The van der Waals surface area contributed by atoms with E-state index in [0.29, 0.717) is 27.8 Å². The summed E-state index contributed by atoms with van der Waals surface area (Å²) in [6.07, 6.45) is 2.24. The van der Waals surface area contributed by atoms with Crippen LogP contribution >= 0.6 is 23.1 Å². The first-order chi connectivity index (χ1) is 14.5. The largest absolute Gasteiger partial charge is 0.493 e. The van der Waals surface area contributed by atoms with Gasteiger partial charge in [-0.2, -0.15) is 15.1 Å². The van der Waals surface area contributed by atoms with E-state index in [9.17, 15) is 9.59 Å². The minimum atomic E-state index is -0.501. The molecule has 0 aliphatic carbocycles. The van der Waals surface area contributed by atoms with Gasteiger partial charge in [0.25, 0.3) is 5.91 Å². The van der Waals surface area contributed by atoms with Gasteiger partial charge in [0.15, 0.2) is 17.3 Å². The number of carbonyl (C=O) groups excluding carboxylic acids is 2. The number of ether oxygens (including phenoxy) is 2. The van der Waals surface area contributed by atoms with Crippen LogP contribution in [-0.4, -0.2) is 40.0 Å². The summed E-state index contributed by atoms with van der Waals surface area (Å²) >= 11 is 2.58. The van der Waals surface area contributed by atoms with Crippen molar-refractivity contribution in [2.75, 3.05) is 7.11 Å². The number of hydrazone groups is 1. The lowest BCUT2D eigenvalue weighted by Crippen LogP contribution is -2.35. The molecule has 0 atom stereocenters. The van der Waals surface area contributed by atoms with Crippen molar-refractivity contribution in [3.05, 3.63) is 51.7 Å². The standard InChI is InChI=1S/C20H16N4O4S2/c1-3-16-23-24-17(21)12(18(25)22-20(24)30-16)9-11-6-7-13(14(10-11)27-2)28-19(26)15-5-4-8-29-15/h4-10,21H,3H2,1-2H3. The number of amides is 1. The van der Waals surface area contributed by atoms with Crippen molar-refractivity contribution in [1.29, 1.82) is 5.41 Å². The molecule has 1 N–H and O–H groups in total. The molecule has 0 bridgehead atoms. The minimum absolute atomic E-state index is 0.0342. The Morgan fingerprint density at radius 2 is 2.13 bits per heavy atom. The molecular formula is C20H16N4O4S2. The van der Waals surface area contributed by atoms with Gasteiger partial charge in [-0.05, 0) is 53.4 Å². The number of hydrogen-bond acceptors (Lipinski definition) is 8. The maximum Gasteiger partial charge on any atom is 0.353 e. The summed E-state index contributed by atoms with van der Waals surface area (Å²) in [7, 11) is 1.46. The van der Waals surface area contributed by atoms with E-state index in [1.165, 1.54) is 35.2 Å². The predicted octanol–water partition coefficient (Wildman–Crippen LogP) is 4.01. The average Bonchev–Trinajstić information content (AvgIpc) is 3.42. The molecule has 2 aliphatic heterocycles. The molecule has 30 heavy (non-hydrogen) atoms. The molecule has 0 unspecified atom stereocenters. The molecule has 0 spiro atoms. The molecule has 0 fully saturated rings. The van der Waals surface area contributed by atoms with Crippen LogP contribution in [0.3, 0.4) is 0 Å². The monoisotopic (exact) mass is 440 g/mol. The molecule has 2 aromatic rings. The summed E-state index contributed by atoms with van der Waals surface area (Å²) in [5.41, 5.74) is 0.715. The van der Waals surface area contributed by atoms with Gasteiger partial charge in [-0.15, -0.1) is 11.3 Å². The molecule has 152 valence electrons. The number of nitrogens with one attached hydrogen (secondary N) is 1. The summed E-state index contributed by atoms with van der Waals surface area (Å²) in [6, 6.07) is 8.33. The quantitative estimate of drug-likeness (QED) is 0.428. The van der Waals surface area contributed by atoms with Gasteiger partial charge in [-0.1, -0.05) is 19.1 Å². The van der Waals surface area contributed by atoms with Gasteiger partial charge in [-0.25, -0.2) is 4.79 Å². The number of nitrogens with zero attached hydrogens (tertiary/aromatic N) is 3. The summed E-state index contributed by atoms with van der Waals surface area (Å²) in [5, 5.41) is 17.0. The molecule has 0 saturated heterocycles. The van der Waals surface area contributed by atoms with Crippen molar-refractivity contribution in [2.24, 2.45) is 10.1 Å². The second-order valence-electron chi connectivity index (χ2n) is 6.14. The van der Waals surface area contributed by atoms with Crippen LogP contribution in [0.2, 0.25) is 0 Å². The highest BCUT2D eigenvalue weighted by Gasteiger charge is 2.35. The first-order valence-electron chi connectivity index (χ1n) is 8.93. The van der Waals surface area contributed by atoms with Crippen molar-refractivity contribution in [2.45, 2.75) is 13.3 Å². The van der Waals surface area contributed by atoms with E-state index < -0.39 is 11.9 Å². The van der Waals surface area contributed by atoms with Crippen molar-refractivity contribution >= 4 is 57.1 Å². The maximum absolute atomic E-state index is 12.5. The number of fused-ring (bicyclic) bond motifs is 1. The fraction of sp³-hybridized carbons (Fsp3) is 0.150. The van der Waals surface area contributed by atoms with Gasteiger partial charge in [0.1, 0.15) is 9.92 Å². The number of esters is 1. The minimum Gasteiger partial charge on any atom is -0.493 e. The normalized spacial score (nSPS) is 17.0. The van der Waals surface area contributed by atoms with Crippen LogP contribution in [0.1, 0.15) is 28.6 Å². The van der Waals surface area contributed by atoms with Crippen LogP contribution in [0.25, 0.3) is 6.08 Å². The fourth-order valence-corrected chi connectivity index (χ4v) is 4.17. The van der Waals surface area contributed by atoms with Gasteiger partial charge >= 0.3 is 5.97 Å². The third kappa shape index (κ3) is 3.79. The Balaban J connectivity index is 1.61. The van der Waals surface area contributed by atoms with Crippen LogP contribution in [0.15, 0.2) is 51.4 Å². The van der Waals surface area contributed by atoms with E-state index in [0.717, 1.165) is 5.04 Å². The average molecular weight is 441 g/mol. The van der Waals surface area contributed by atoms with Crippen molar-refractivity contribution in [1.82, 2.24) is 5.01 Å². The van der Waals surface area contributed by atoms with Crippen LogP contribution in [0.4, 0.5) is 0 Å². The molecule has 4 rings (SSSR count). The number of hydrogen-bond donors (Lipinski definition) is 1. The summed E-state index contributed by atoms with van der Waals surface area (Å²) in [4.78, 5) is 29.2. The maximum atomic E-state index is 12.5.